The van der Waals surface area contributed by atoms with Crippen molar-refractivity contribution in [2.75, 3.05) is 5.33 Å². The van der Waals surface area contributed by atoms with E-state index in [4.69, 9.17) is 0 Å². The molecule has 1 aromatic rings. The van der Waals surface area contributed by atoms with E-state index in [-0.39, 0.29) is 0 Å². The van der Waals surface area contributed by atoms with Crippen LogP contribution in [0.5, 0.6) is 0 Å². The van der Waals surface area contributed by atoms with E-state index in [0.29, 0.717) is 5.92 Å². The third-order valence-corrected chi connectivity index (χ3v) is 3.22. The van der Waals surface area contributed by atoms with Crippen LogP contribution in [0.1, 0.15) is 31.4 Å². The molecule has 1 heterocycles. The maximum atomic E-state index is 4.36. The molecule has 0 N–H and O–H groups in total. The van der Waals surface area contributed by atoms with Crippen LogP contribution >= 0.6 is 15.9 Å². The highest BCUT2D eigenvalue weighted by Crippen LogP contribution is 2.13. The molecule has 1 aromatic heterocycles. The molecule has 0 aromatic carbocycles. The van der Waals surface area contributed by atoms with E-state index in [9.17, 15) is 0 Å². The largest absolute Gasteiger partial charge is 0.250 e. The molecule has 0 aliphatic rings. The zero-order valence-electron chi connectivity index (χ0n) is 9.13. The number of hydrogen-bond acceptors (Lipinski definition) is 2. The van der Waals surface area contributed by atoms with E-state index in [1.54, 1.807) is 0 Å². The van der Waals surface area contributed by atoms with Gasteiger partial charge in [0.25, 0.3) is 0 Å². The zero-order chi connectivity index (χ0) is 10.6. The van der Waals surface area contributed by atoms with Crippen molar-refractivity contribution in [1.82, 2.24) is 14.8 Å². The minimum absolute atomic E-state index is 0.666. The lowest BCUT2D eigenvalue weighted by Gasteiger charge is -2.13. The molecule has 1 atom stereocenters. The number of rotatable bonds is 5. The fraction of sp³-hybridized carbons (Fsp3) is 0.800. The lowest BCUT2D eigenvalue weighted by molar-refractivity contribution is 0.421. The fourth-order valence-electron chi connectivity index (χ4n) is 1.60. The topological polar surface area (TPSA) is 30.7 Å². The van der Waals surface area contributed by atoms with Gasteiger partial charge in [-0.25, -0.2) is 9.67 Å². The van der Waals surface area contributed by atoms with Crippen molar-refractivity contribution >= 4 is 15.9 Å². The van der Waals surface area contributed by atoms with Crippen molar-refractivity contribution in [1.29, 1.82) is 0 Å². The van der Waals surface area contributed by atoms with Crippen LogP contribution in [-0.4, -0.2) is 20.1 Å². The molecule has 0 saturated carbocycles. The predicted molar refractivity (Wildman–Crippen MR) is 61.7 cm³/mol. The standard InChI is InChI=1S/C10H18BrN3/c1-4-5-10(6-11)7-14-9(3)12-8(2)13-14/h10H,4-7H2,1-3H3. The summed E-state index contributed by atoms with van der Waals surface area (Å²) in [5.41, 5.74) is 0. The molecule has 0 aliphatic heterocycles. The van der Waals surface area contributed by atoms with Gasteiger partial charge >= 0.3 is 0 Å². The van der Waals surface area contributed by atoms with E-state index >= 15 is 0 Å². The van der Waals surface area contributed by atoms with Crippen molar-refractivity contribution in [3.8, 4) is 0 Å². The number of aryl methyl sites for hydroxylation is 2. The molecule has 0 saturated heterocycles. The molecule has 3 nitrogen and oxygen atoms in total. The Bertz CT molecular complexity index is 283. The van der Waals surface area contributed by atoms with Crippen LogP contribution in [0.15, 0.2) is 0 Å². The Morgan fingerprint density at radius 3 is 2.57 bits per heavy atom. The van der Waals surface area contributed by atoms with Gasteiger partial charge in [0, 0.05) is 11.9 Å². The van der Waals surface area contributed by atoms with Gasteiger partial charge in [0.05, 0.1) is 0 Å². The second-order valence-electron chi connectivity index (χ2n) is 3.70. The molecule has 0 bridgehead atoms. The van der Waals surface area contributed by atoms with Crippen LogP contribution in [0, 0.1) is 19.8 Å². The first-order valence-electron chi connectivity index (χ1n) is 5.11. The highest BCUT2D eigenvalue weighted by molar-refractivity contribution is 9.09. The van der Waals surface area contributed by atoms with E-state index < -0.39 is 0 Å². The molecular weight excluding hydrogens is 242 g/mol. The lowest BCUT2D eigenvalue weighted by atomic mass is 10.1. The summed E-state index contributed by atoms with van der Waals surface area (Å²) in [6.07, 6.45) is 2.46. The number of alkyl halides is 1. The van der Waals surface area contributed by atoms with Crippen LogP contribution in [0.4, 0.5) is 0 Å². The molecule has 1 rings (SSSR count). The molecule has 4 heteroatoms. The van der Waals surface area contributed by atoms with E-state index in [1.165, 1.54) is 12.8 Å². The highest BCUT2D eigenvalue weighted by atomic mass is 79.9. The molecule has 14 heavy (non-hydrogen) atoms. The molecule has 0 aliphatic carbocycles. The maximum Gasteiger partial charge on any atom is 0.147 e. The van der Waals surface area contributed by atoms with Crippen LogP contribution in [0.3, 0.4) is 0 Å². The first-order valence-corrected chi connectivity index (χ1v) is 6.23. The van der Waals surface area contributed by atoms with Crippen LogP contribution in [0.2, 0.25) is 0 Å². The van der Waals surface area contributed by atoms with Gasteiger partial charge in [-0.15, -0.1) is 0 Å². The minimum Gasteiger partial charge on any atom is -0.250 e. The van der Waals surface area contributed by atoms with Gasteiger partial charge in [-0.2, -0.15) is 5.10 Å². The predicted octanol–water partition coefficient (Wildman–Crippen LogP) is 2.71. The summed E-state index contributed by atoms with van der Waals surface area (Å²) in [5, 5.41) is 5.41. The van der Waals surface area contributed by atoms with E-state index in [1.807, 2.05) is 18.5 Å². The molecule has 80 valence electrons. The molecule has 1 unspecified atom stereocenters. The molecule has 0 spiro atoms. The fourth-order valence-corrected chi connectivity index (χ4v) is 2.13. The number of aromatic nitrogens is 3. The third-order valence-electron chi connectivity index (χ3n) is 2.31. The van der Waals surface area contributed by atoms with Gasteiger partial charge in [-0.05, 0) is 26.2 Å². The Hall–Kier alpha value is -0.380. The summed E-state index contributed by atoms with van der Waals surface area (Å²) in [7, 11) is 0. The minimum atomic E-state index is 0.666. The normalized spacial score (nSPS) is 13.1. The summed E-state index contributed by atoms with van der Waals surface area (Å²) < 4.78 is 2.01. The van der Waals surface area contributed by atoms with Gasteiger partial charge < -0.3 is 0 Å². The van der Waals surface area contributed by atoms with Gasteiger partial charge in [0.15, 0.2) is 0 Å². The summed E-state index contributed by atoms with van der Waals surface area (Å²) >= 11 is 3.54. The lowest BCUT2D eigenvalue weighted by Crippen LogP contribution is -2.14. The first kappa shape index (κ1) is 11.7. The highest BCUT2D eigenvalue weighted by Gasteiger charge is 2.10. The van der Waals surface area contributed by atoms with Crippen LogP contribution in [0.25, 0.3) is 0 Å². The van der Waals surface area contributed by atoms with Crippen LogP contribution < -0.4 is 0 Å². The summed E-state index contributed by atoms with van der Waals surface area (Å²) in [4.78, 5) is 4.30. The summed E-state index contributed by atoms with van der Waals surface area (Å²) in [6.45, 7) is 7.14. The summed E-state index contributed by atoms with van der Waals surface area (Å²) in [5.74, 6) is 2.55. The molecule has 0 radical (unpaired) electrons. The quantitative estimate of drug-likeness (QED) is 0.762. The average molecular weight is 260 g/mol. The summed E-state index contributed by atoms with van der Waals surface area (Å²) in [6, 6.07) is 0. The third kappa shape index (κ3) is 3.08. The average Bonchev–Trinajstić information content (AvgIpc) is 2.44. The number of halogens is 1. The van der Waals surface area contributed by atoms with Gasteiger partial charge in [-0.1, -0.05) is 29.3 Å². The smallest absolute Gasteiger partial charge is 0.147 e. The maximum absolute atomic E-state index is 4.36. The SMILES string of the molecule is CCCC(CBr)Cn1nc(C)nc1C. The van der Waals surface area contributed by atoms with Crippen molar-refractivity contribution < 1.29 is 0 Å². The Labute approximate surface area is 94.0 Å². The van der Waals surface area contributed by atoms with E-state index in [2.05, 4.69) is 32.9 Å². The van der Waals surface area contributed by atoms with Gasteiger partial charge in [0.1, 0.15) is 11.6 Å². The monoisotopic (exact) mass is 259 g/mol. The van der Waals surface area contributed by atoms with Crippen molar-refractivity contribution in [2.24, 2.45) is 5.92 Å². The Balaban J connectivity index is 2.61. The van der Waals surface area contributed by atoms with Crippen molar-refractivity contribution in [3.05, 3.63) is 11.6 Å². The van der Waals surface area contributed by atoms with E-state index in [0.717, 1.165) is 23.5 Å². The second kappa shape index (κ2) is 5.49. The number of nitrogens with zero attached hydrogens (tertiary/aromatic N) is 3. The number of hydrogen-bond donors (Lipinski definition) is 0. The van der Waals surface area contributed by atoms with Gasteiger partial charge in [0.2, 0.25) is 0 Å². The Kier molecular flexibility index (Phi) is 4.58. The second-order valence-corrected chi connectivity index (χ2v) is 4.34. The van der Waals surface area contributed by atoms with Crippen molar-refractivity contribution in [3.63, 3.8) is 0 Å². The Morgan fingerprint density at radius 1 is 1.43 bits per heavy atom. The first-order chi connectivity index (χ1) is 6.67. The molecule has 0 fully saturated rings. The van der Waals surface area contributed by atoms with Gasteiger partial charge in [-0.3, -0.25) is 0 Å². The van der Waals surface area contributed by atoms with Crippen LogP contribution in [-0.2, 0) is 6.54 Å². The zero-order valence-corrected chi connectivity index (χ0v) is 10.7. The molecular formula is C10H18BrN3. The molecule has 0 amide bonds. The Morgan fingerprint density at radius 2 is 2.14 bits per heavy atom. The van der Waals surface area contributed by atoms with Crippen molar-refractivity contribution in [2.45, 2.75) is 40.2 Å².